The van der Waals surface area contributed by atoms with E-state index in [0.717, 1.165) is 36.6 Å². The molecule has 0 saturated carbocycles. The fourth-order valence-electron chi connectivity index (χ4n) is 1.85. The number of rotatable bonds is 4. The molecule has 2 aliphatic heterocycles. The summed E-state index contributed by atoms with van der Waals surface area (Å²) in [5.74, 6) is 1.18. The van der Waals surface area contributed by atoms with Gasteiger partial charge in [-0.1, -0.05) is 37.3 Å². The number of amides is 1. The molecule has 0 N–H and O–H groups in total. The van der Waals surface area contributed by atoms with Crippen LogP contribution in [-0.2, 0) is 4.79 Å². The predicted molar refractivity (Wildman–Crippen MR) is 88.1 cm³/mol. The van der Waals surface area contributed by atoms with Gasteiger partial charge in [0.1, 0.15) is 4.32 Å². The van der Waals surface area contributed by atoms with Crippen LogP contribution < -0.4 is 0 Å². The number of unbranched alkanes of at least 4 members (excludes halogenated alkanes) is 1. The number of carbonyl (C=O) groups excluding carboxylic acids is 1. The van der Waals surface area contributed by atoms with Crippen molar-refractivity contribution >= 4 is 46.0 Å². The van der Waals surface area contributed by atoms with E-state index < -0.39 is 0 Å². The van der Waals surface area contributed by atoms with Gasteiger partial charge < -0.3 is 4.90 Å². The Kier molecular flexibility index (Phi) is 5.36. The van der Waals surface area contributed by atoms with Crippen molar-refractivity contribution < 1.29 is 4.79 Å². The first-order chi connectivity index (χ1) is 9.13. The van der Waals surface area contributed by atoms with Crippen LogP contribution in [0.5, 0.6) is 0 Å². The molecule has 0 radical (unpaired) electrons. The van der Waals surface area contributed by atoms with E-state index >= 15 is 0 Å². The minimum atomic E-state index is 0.0611. The number of nitrogens with zero attached hydrogens (tertiary/aromatic N) is 2. The van der Waals surface area contributed by atoms with Gasteiger partial charge in [-0.25, -0.2) is 0 Å². The Morgan fingerprint density at radius 1 is 1.42 bits per heavy atom. The minimum absolute atomic E-state index is 0.0611. The van der Waals surface area contributed by atoms with Crippen LogP contribution in [0.2, 0.25) is 0 Å². The molecule has 0 aromatic rings. The maximum Gasteiger partial charge on any atom is 0.266 e. The van der Waals surface area contributed by atoms with Crippen molar-refractivity contribution in [3.05, 3.63) is 22.1 Å². The summed E-state index contributed by atoms with van der Waals surface area (Å²) < 4.78 is 0.690. The summed E-state index contributed by atoms with van der Waals surface area (Å²) in [6.07, 6.45) is 6.01. The molecule has 0 spiro atoms. The molecule has 0 atom stereocenters. The van der Waals surface area contributed by atoms with Crippen LogP contribution >= 0.6 is 35.7 Å². The molecule has 2 aliphatic rings. The van der Waals surface area contributed by atoms with E-state index in [-0.39, 0.29) is 5.91 Å². The number of hydrogen-bond donors (Lipinski definition) is 0. The van der Waals surface area contributed by atoms with Gasteiger partial charge in [0.2, 0.25) is 0 Å². The van der Waals surface area contributed by atoms with E-state index in [1.54, 1.807) is 4.90 Å². The topological polar surface area (TPSA) is 23.6 Å². The maximum absolute atomic E-state index is 12.2. The molecular formula is C13H18N2OS3. The van der Waals surface area contributed by atoms with Crippen molar-refractivity contribution in [2.75, 3.05) is 25.9 Å². The lowest BCUT2D eigenvalue weighted by molar-refractivity contribution is -0.122. The van der Waals surface area contributed by atoms with E-state index in [4.69, 9.17) is 12.2 Å². The van der Waals surface area contributed by atoms with Crippen LogP contribution in [0.25, 0.3) is 0 Å². The molecule has 2 fully saturated rings. The Hall–Kier alpha value is -0.460. The zero-order valence-electron chi connectivity index (χ0n) is 11.2. The van der Waals surface area contributed by atoms with Crippen molar-refractivity contribution in [1.29, 1.82) is 0 Å². The molecule has 0 unspecified atom stereocenters. The molecule has 2 heterocycles. The highest BCUT2D eigenvalue weighted by atomic mass is 32.2. The highest BCUT2D eigenvalue weighted by molar-refractivity contribution is 8.26. The number of thioether (sulfide) groups is 2. The second kappa shape index (κ2) is 6.81. The summed E-state index contributed by atoms with van der Waals surface area (Å²) >= 11 is 8.51. The second-order valence-electron chi connectivity index (χ2n) is 4.48. The molecule has 0 aromatic carbocycles. The van der Waals surface area contributed by atoms with Gasteiger partial charge in [-0.3, -0.25) is 9.69 Å². The Morgan fingerprint density at radius 3 is 2.84 bits per heavy atom. The smallest absolute Gasteiger partial charge is 0.266 e. The third-order valence-electron chi connectivity index (χ3n) is 3.04. The molecule has 2 saturated heterocycles. The SMILES string of the molecule is CCCCN1C(=O)C(=CC=C2SCCN2C)SC1=S. The zero-order valence-corrected chi connectivity index (χ0v) is 13.7. The van der Waals surface area contributed by atoms with Crippen molar-refractivity contribution in [1.82, 2.24) is 9.80 Å². The van der Waals surface area contributed by atoms with Gasteiger partial charge in [0.25, 0.3) is 5.91 Å². The zero-order chi connectivity index (χ0) is 13.8. The maximum atomic E-state index is 12.2. The van der Waals surface area contributed by atoms with E-state index in [2.05, 4.69) is 18.9 Å². The van der Waals surface area contributed by atoms with Crippen molar-refractivity contribution in [2.24, 2.45) is 0 Å². The molecule has 0 aliphatic carbocycles. The van der Waals surface area contributed by atoms with E-state index in [0.29, 0.717) is 4.32 Å². The third kappa shape index (κ3) is 3.55. The van der Waals surface area contributed by atoms with Gasteiger partial charge in [0.05, 0.1) is 9.93 Å². The highest BCUT2D eigenvalue weighted by Gasteiger charge is 2.31. The highest BCUT2D eigenvalue weighted by Crippen LogP contribution is 2.32. The summed E-state index contributed by atoms with van der Waals surface area (Å²) in [6.45, 7) is 3.93. The van der Waals surface area contributed by atoms with Crippen LogP contribution in [0.1, 0.15) is 19.8 Å². The standard InChI is InChI=1S/C13H18N2OS3/c1-3-4-7-15-12(16)10(19-13(15)17)5-6-11-14(2)8-9-18-11/h5-6H,3-4,7-9H2,1-2H3. The summed E-state index contributed by atoms with van der Waals surface area (Å²) in [5.41, 5.74) is 0. The van der Waals surface area contributed by atoms with Crippen molar-refractivity contribution in [3.63, 3.8) is 0 Å². The molecular weight excluding hydrogens is 296 g/mol. The van der Waals surface area contributed by atoms with Gasteiger partial charge in [0.15, 0.2) is 0 Å². The molecule has 6 heteroatoms. The molecule has 0 bridgehead atoms. The summed E-state index contributed by atoms with van der Waals surface area (Å²) in [5, 5.41) is 1.22. The van der Waals surface area contributed by atoms with Crippen LogP contribution in [0.15, 0.2) is 22.1 Å². The first-order valence-electron chi connectivity index (χ1n) is 6.43. The third-order valence-corrected chi connectivity index (χ3v) is 5.57. The minimum Gasteiger partial charge on any atom is -0.369 e. The predicted octanol–water partition coefficient (Wildman–Crippen LogP) is 3.05. The Bertz CT molecular complexity index is 445. The van der Waals surface area contributed by atoms with Crippen LogP contribution in [-0.4, -0.2) is 45.9 Å². The fraction of sp³-hybridized carbons (Fsp3) is 0.538. The van der Waals surface area contributed by atoms with Gasteiger partial charge in [-0.15, -0.1) is 11.8 Å². The molecule has 2 rings (SSSR count). The van der Waals surface area contributed by atoms with E-state index in [1.807, 2.05) is 23.9 Å². The average molecular weight is 315 g/mol. The number of allylic oxidation sites excluding steroid dienone is 2. The van der Waals surface area contributed by atoms with Crippen molar-refractivity contribution in [3.8, 4) is 0 Å². The van der Waals surface area contributed by atoms with E-state index in [9.17, 15) is 4.79 Å². The second-order valence-corrected chi connectivity index (χ2v) is 7.28. The lowest BCUT2D eigenvalue weighted by Crippen LogP contribution is -2.28. The molecule has 0 aromatic heterocycles. The Morgan fingerprint density at radius 2 is 2.21 bits per heavy atom. The average Bonchev–Trinajstić information content (AvgIpc) is 2.90. The Labute approximate surface area is 128 Å². The molecule has 3 nitrogen and oxygen atoms in total. The lowest BCUT2D eigenvalue weighted by Gasteiger charge is -2.13. The van der Waals surface area contributed by atoms with Gasteiger partial charge in [-0.2, -0.15) is 0 Å². The quantitative estimate of drug-likeness (QED) is 0.586. The Balaban J connectivity index is 2.05. The van der Waals surface area contributed by atoms with E-state index in [1.165, 1.54) is 16.8 Å². The normalized spacial score (nSPS) is 24.3. The molecule has 19 heavy (non-hydrogen) atoms. The largest absolute Gasteiger partial charge is 0.369 e. The summed E-state index contributed by atoms with van der Waals surface area (Å²) in [4.78, 5) is 16.9. The summed E-state index contributed by atoms with van der Waals surface area (Å²) in [7, 11) is 2.08. The van der Waals surface area contributed by atoms with Crippen LogP contribution in [0.3, 0.4) is 0 Å². The number of hydrogen-bond acceptors (Lipinski definition) is 5. The molecule has 104 valence electrons. The van der Waals surface area contributed by atoms with Gasteiger partial charge >= 0.3 is 0 Å². The monoisotopic (exact) mass is 314 g/mol. The van der Waals surface area contributed by atoms with Gasteiger partial charge in [0, 0.05) is 25.9 Å². The van der Waals surface area contributed by atoms with Crippen LogP contribution in [0.4, 0.5) is 0 Å². The fourth-order valence-corrected chi connectivity index (χ4v) is 4.15. The first kappa shape index (κ1) is 14.9. The van der Waals surface area contributed by atoms with Gasteiger partial charge in [-0.05, 0) is 18.6 Å². The first-order valence-corrected chi connectivity index (χ1v) is 8.64. The number of carbonyl (C=O) groups is 1. The van der Waals surface area contributed by atoms with Crippen LogP contribution in [0, 0.1) is 0 Å². The molecule has 1 amide bonds. The van der Waals surface area contributed by atoms with Crippen molar-refractivity contribution in [2.45, 2.75) is 19.8 Å². The summed E-state index contributed by atoms with van der Waals surface area (Å²) in [6, 6.07) is 0. The lowest BCUT2D eigenvalue weighted by atomic mass is 10.3. The number of thiocarbonyl (C=S) groups is 1.